The van der Waals surface area contributed by atoms with Crippen molar-refractivity contribution < 1.29 is 9.59 Å². The summed E-state index contributed by atoms with van der Waals surface area (Å²) in [6, 6.07) is 0. The van der Waals surface area contributed by atoms with Gasteiger partial charge >= 0.3 is 0 Å². The van der Waals surface area contributed by atoms with Crippen LogP contribution in [-0.4, -0.2) is 36.3 Å². The molecule has 0 radical (unpaired) electrons. The summed E-state index contributed by atoms with van der Waals surface area (Å²) in [5, 5.41) is 2.78. The fourth-order valence-corrected chi connectivity index (χ4v) is 1.39. The third-order valence-electron chi connectivity index (χ3n) is 2.38. The van der Waals surface area contributed by atoms with E-state index in [0.717, 1.165) is 25.7 Å². The quantitative estimate of drug-likeness (QED) is 0.641. The summed E-state index contributed by atoms with van der Waals surface area (Å²) in [4.78, 5) is 24.3. The Morgan fingerprint density at radius 1 is 1.12 bits per heavy atom. The lowest BCUT2D eigenvalue weighted by atomic mass is 10.2. The highest BCUT2D eigenvalue weighted by Crippen LogP contribution is 1.98. The minimum atomic E-state index is -0.0615. The number of amides is 2. The number of nitrogens with one attached hydrogen (secondary N) is 1. The highest BCUT2D eigenvalue weighted by atomic mass is 16.2. The van der Waals surface area contributed by atoms with Crippen molar-refractivity contribution >= 4 is 11.8 Å². The van der Waals surface area contributed by atoms with Crippen LogP contribution in [0.5, 0.6) is 0 Å². The first-order valence-corrected chi connectivity index (χ1v) is 6.14. The molecule has 4 nitrogen and oxygen atoms in total. The standard InChI is InChI=1S/C12H24N2O2/c1-4-6-7-9-14(11(3)15)10-12(16)13-8-5-2/h4-10H2,1-3H3,(H,13,16). The van der Waals surface area contributed by atoms with E-state index in [9.17, 15) is 9.59 Å². The summed E-state index contributed by atoms with van der Waals surface area (Å²) < 4.78 is 0. The average molecular weight is 228 g/mol. The molecule has 0 saturated carbocycles. The molecule has 2 amide bonds. The van der Waals surface area contributed by atoms with Crippen LogP contribution in [0.15, 0.2) is 0 Å². The van der Waals surface area contributed by atoms with E-state index >= 15 is 0 Å². The molecule has 0 unspecified atom stereocenters. The van der Waals surface area contributed by atoms with E-state index in [-0.39, 0.29) is 18.4 Å². The van der Waals surface area contributed by atoms with E-state index in [4.69, 9.17) is 0 Å². The molecule has 94 valence electrons. The largest absolute Gasteiger partial charge is 0.355 e. The molecular weight excluding hydrogens is 204 g/mol. The molecule has 0 fully saturated rings. The van der Waals surface area contributed by atoms with Crippen molar-refractivity contribution in [2.75, 3.05) is 19.6 Å². The second-order valence-electron chi connectivity index (χ2n) is 4.00. The topological polar surface area (TPSA) is 49.4 Å². The molecule has 16 heavy (non-hydrogen) atoms. The number of rotatable bonds is 8. The number of carbonyl (C=O) groups is 2. The molecule has 0 atom stereocenters. The Kier molecular flexibility index (Phi) is 8.58. The molecule has 0 saturated heterocycles. The molecule has 1 N–H and O–H groups in total. The van der Waals surface area contributed by atoms with Gasteiger partial charge in [0.1, 0.15) is 0 Å². The Bertz CT molecular complexity index is 217. The second kappa shape index (κ2) is 9.19. The molecule has 4 heteroatoms. The first kappa shape index (κ1) is 14.9. The Morgan fingerprint density at radius 3 is 2.31 bits per heavy atom. The predicted molar refractivity (Wildman–Crippen MR) is 65.1 cm³/mol. The molecule has 0 aliphatic carbocycles. The maximum Gasteiger partial charge on any atom is 0.239 e. The Balaban J connectivity index is 3.92. The lowest BCUT2D eigenvalue weighted by Gasteiger charge is -2.20. The Hall–Kier alpha value is -1.06. The van der Waals surface area contributed by atoms with Gasteiger partial charge in [0.05, 0.1) is 6.54 Å². The number of carbonyl (C=O) groups excluding carboxylic acids is 2. The first-order chi connectivity index (χ1) is 7.61. The van der Waals surface area contributed by atoms with Gasteiger partial charge in [-0.2, -0.15) is 0 Å². The minimum Gasteiger partial charge on any atom is -0.355 e. The summed E-state index contributed by atoms with van der Waals surface area (Å²) in [7, 11) is 0. The van der Waals surface area contributed by atoms with Gasteiger partial charge in [-0.05, 0) is 12.8 Å². The summed E-state index contributed by atoms with van der Waals surface area (Å²) in [5.41, 5.74) is 0. The number of hydrogen-bond acceptors (Lipinski definition) is 2. The van der Waals surface area contributed by atoms with E-state index in [0.29, 0.717) is 13.1 Å². The highest BCUT2D eigenvalue weighted by Gasteiger charge is 2.12. The van der Waals surface area contributed by atoms with Crippen LogP contribution in [0.2, 0.25) is 0 Å². The fraction of sp³-hybridized carbons (Fsp3) is 0.833. The zero-order valence-corrected chi connectivity index (χ0v) is 10.7. The van der Waals surface area contributed by atoms with Gasteiger partial charge in [0.25, 0.3) is 0 Å². The third-order valence-corrected chi connectivity index (χ3v) is 2.38. The lowest BCUT2D eigenvalue weighted by molar-refractivity contribution is -0.134. The molecule has 0 spiro atoms. The SMILES string of the molecule is CCCCCN(CC(=O)NCCC)C(C)=O. The lowest BCUT2D eigenvalue weighted by Crippen LogP contribution is -2.40. The van der Waals surface area contributed by atoms with Gasteiger partial charge in [-0.1, -0.05) is 26.7 Å². The van der Waals surface area contributed by atoms with Crippen molar-refractivity contribution in [2.45, 2.75) is 46.5 Å². The maximum atomic E-state index is 11.4. The minimum absolute atomic E-state index is 0.0252. The van der Waals surface area contributed by atoms with E-state index in [1.807, 2.05) is 6.92 Å². The summed E-state index contributed by atoms with van der Waals surface area (Å²) in [6.45, 7) is 7.19. The van der Waals surface area contributed by atoms with Crippen molar-refractivity contribution in [1.82, 2.24) is 10.2 Å². The predicted octanol–water partition coefficient (Wildman–Crippen LogP) is 1.55. The second-order valence-corrected chi connectivity index (χ2v) is 4.00. The van der Waals surface area contributed by atoms with Crippen LogP contribution in [-0.2, 0) is 9.59 Å². The van der Waals surface area contributed by atoms with Crippen LogP contribution in [0.3, 0.4) is 0 Å². The molecule has 0 aromatic rings. The first-order valence-electron chi connectivity index (χ1n) is 6.14. The van der Waals surface area contributed by atoms with Gasteiger partial charge in [-0.25, -0.2) is 0 Å². The summed E-state index contributed by atoms with van der Waals surface area (Å²) in [6.07, 6.45) is 4.10. The number of hydrogen-bond donors (Lipinski definition) is 1. The highest BCUT2D eigenvalue weighted by molar-refractivity contribution is 5.83. The van der Waals surface area contributed by atoms with Crippen molar-refractivity contribution in [1.29, 1.82) is 0 Å². The third kappa shape index (κ3) is 7.26. The summed E-state index contributed by atoms with van der Waals surface area (Å²) >= 11 is 0. The van der Waals surface area contributed by atoms with Crippen molar-refractivity contribution in [3.8, 4) is 0 Å². The van der Waals surface area contributed by atoms with Crippen LogP contribution >= 0.6 is 0 Å². The van der Waals surface area contributed by atoms with Crippen LogP contribution < -0.4 is 5.32 Å². The van der Waals surface area contributed by atoms with Gasteiger partial charge in [-0.15, -0.1) is 0 Å². The molecule has 0 aliphatic rings. The fourth-order valence-electron chi connectivity index (χ4n) is 1.39. The Labute approximate surface area is 98.4 Å². The van der Waals surface area contributed by atoms with Gasteiger partial charge in [0.2, 0.25) is 11.8 Å². The summed E-state index contributed by atoms with van der Waals surface area (Å²) in [5.74, 6) is -0.0868. The van der Waals surface area contributed by atoms with Gasteiger partial charge < -0.3 is 10.2 Å². The van der Waals surface area contributed by atoms with Crippen molar-refractivity contribution in [2.24, 2.45) is 0 Å². The van der Waals surface area contributed by atoms with Crippen molar-refractivity contribution in [3.63, 3.8) is 0 Å². The molecule has 0 aromatic heterocycles. The van der Waals surface area contributed by atoms with Gasteiger partial charge in [0.15, 0.2) is 0 Å². The van der Waals surface area contributed by atoms with Crippen LogP contribution in [0.4, 0.5) is 0 Å². The molecule has 0 rings (SSSR count). The zero-order valence-electron chi connectivity index (χ0n) is 10.7. The van der Waals surface area contributed by atoms with E-state index < -0.39 is 0 Å². The van der Waals surface area contributed by atoms with Gasteiger partial charge in [-0.3, -0.25) is 9.59 Å². The smallest absolute Gasteiger partial charge is 0.239 e. The van der Waals surface area contributed by atoms with Gasteiger partial charge in [0, 0.05) is 20.0 Å². The van der Waals surface area contributed by atoms with Crippen molar-refractivity contribution in [3.05, 3.63) is 0 Å². The van der Waals surface area contributed by atoms with E-state index in [1.54, 1.807) is 4.90 Å². The molecule has 0 bridgehead atoms. The molecular formula is C12H24N2O2. The normalized spacial score (nSPS) is 9.94. The molecule has 0 heterocycles. The van der Waals surface area contributed by atoms with E-state index in [1.165, 1.54) is 6.92 Å². The average Bonchev–Trinajstić information content (AvgIpc) is 2.25. The van der Waals surface area contributed by atoms with Crippen LogP contribution in [0.25, 0.3) is 0 Å². The van der Waals surface area contributed by atoms with Crippen LogP contribution in [0, 0.1) is 0 Å². The zero-order chi connectivity index (χ0) is 12.4. The number of unbranched alkanes of at least 4 members (excludes halogenated alkanes) is 2. The molecule has 0 aromatic carbocycles. The Morgan fingerprint density at radius 2 is 1.81 bits per heavy atom. The molecule has 0 aliphatic heterocycles. The van der Waals surface area contributed by atoms with Crippen LogP contribution in [0.1, 0.15) is 46.5 Å². The van der Waals surface area contributed by atoms with E-state index in [2.05, 4.69) is 12.2 Å². The maximum absolute atomic E-state index is 11.4. The number of nitrogens with zero attached hydrogens (tertiary/aromatic N) is 1. The monoisotopic (exact) mass is 228 g/mol.